The van der Waals surface area contributed by atoms with Crippen molar-refractivity contribution >= 4 is 30.8 Å². The molecule has 6 nitrogen and oxygen atoms in total. The van der Waals surface area contributed by atoms with Gasteiger partial charge >= 0.3 is 50.6 Å². The topological polar surface area (TPSA) is 112 Å². The van der Waals surface area contributed by atoms with Crippen molar-refractivity contribution < 1.29 is 35.5 Å². The standard InChI is InChI=1S/2Li.Mn.HNO3.H2O.O/c;;;2-1(3)4;;/h;;;(H,2,3,4);1H2;. The first-order valence-electron chi connectivity index (χ1n) is 1.72. The summed E-state index contributed by atoms with van der Waals surface area (Å²) in [5.41, 5.74) is 0. The molecule has 9 heteroatoms. The zero-order chi connectivity index (χ0) is 7.58. The van der Waals surface area contributed by atoms with Crippen LogP contribution in [0, 0.1) is 10.1 Å². The number of hydrogen-bond acceptors (Lipinski definition) is 3. The first-order chi connectivity index (χ1) is 3.73. The monoisotopic (exact) mass is 166 g/mol. The number of rotatable bonds is 0. The predicted molar refractivity (Wildman–Crippen MR) is 24.6 cm³/mol. The van der Waals surface area contributed by atoms with Gasteiger partial charge < -0.3 is 10.7 Å². The molecule has 0 aliphatic heterocycles. The average molecular weight is 166 g/mol. The molecule has 3 N–H and O–H groups in total. The fourth-order valence-corrected chi connectivity index (χ4v) is 0. The summed E-state index contributed by atoms with van der Waals surface area (Å²) in [5, 5.41) is 13.6. The maximum atomic E-state index is 8.36. The van der Waals surface area contributed by atoms with Gasteiger partial charge in [0.05, 0.1) is 0 Å². The quantitative estimate of drug-likeness (QED) is 0.253. The SMILES string of the molecule is O.O=[N+]([O-])O.[Li][Li].[O]=[Mn]. The summed E-state index contributed by atoms with van der Waals surface area (Å²) in [4.78, 5) is 8.36. The van der Waals surface area contributed by atoms with Crippen LogP contribution in [-0.4, -0.2) is 46.6 Å². The van der Waals surface area contributed by atoms with Crippen molar-refractivity contribution in [3.8, 4) is 0 Å². The molecule has 0 atom stereocenters. The van der Waals surface area contributed by atoms with E-state index in [0.29, 0.717) is 0 Å². The van der Waals surface area contributed by atoms with E-state index in [0.717, 1.165) is 0 Å². The van der Waals surface area contributed by atoms with E-state index in [1.807, 2.05) is 30.8 Å². The minimum atomic E-state index is -1.50. The van der Waals surface area contributed by atoms with Crippen molar-refractivity contribution in [2.24, 2.45) is 0 Å². The summed E-state index contributed by atoms with van der Waals surface area (Å²) in [7, 11) is 0. The Morgan fingerprint density at radius 2 is 1.44 bits per heavy atom. The molecule has 0 rings (SSSR count). The number of hydrogen-bond donors (Lipinski definition) is 1. The fourth-order valence-electron chi connectivity index (χ4n) is 0. The zero-order valence-corrected chi connectivity index (χ0v) is 6.18. The molecule has 0 amide bonds. The van der Waals surface area contributed by atoms with Crippen LogP contribution in [0.4, 0.5) is 0 Å². The molecule has 0 heterocycles. The predicted octanol–water partition coefficient (Wildman–Crippen LogP) is -2.06. The summed E-state index contributed by atoms with van der Waals surface area (Å²) in [5.74, 6) is 0. The Bertz CT molecular complexity index is 46.2. The van der Waals surface area contributed by atoms with Gasteiger partial charge in [0.25, 0.3) is 5.09 Å². The van der Waals surface area contributed by atoms with Gasteiger partial charge in [-0.1, -0.05) is 0 Å². The Hall–Kier alpha value is 0.674. The van der Waals surface area contributed by atoms with Gasteiger partial charge in [-0.2, -0.15) is 0 Å². The molecule has 0 aliphatic rings. The molecule has 0 aromatic carbocycles. The van der Waals surface area contributed by atoms with Crippen molar-refractivity contribution in [1.82, 2.24) is 0 Å². The Labute approximate surface area is 76.2 Å². The molecule has 0 radical (unpaired) electrons. The van der Waals surface area contributed by atoms with Crippen LogP contribution in [0.1, 0.15) is 0 Å². The molecule has 0 aliphatic carbocycles. The van der Waals surface area contributed by atoms with Crippen LogP contribution in [0.15, 0.2) is 0 Å². The molecule has 0 saturated carbocycles. The van der Waals surface area contributed by atoms with E-state index >= 15 is 0 Å². The van der Waals surface area contributed by atoms with E-state index < -0.39 is 5.09 Å². The second kappa shape index (κ2) is 37.8. The summed E-state index contributed by atoms with van der Waals surface area (Å²) in [6.45, 7) is 0. The third-order valence-electron chi connectivity index (χ3n) is 0. The molecule has 0 bridgehead atoms. The Balaban J connectivity index is -0.0000000221. The second-order valence-electron chi connectivity index (χ2n) is 0.238. The van der Waals surface area contributed by atoms with Gasteiger partial charge in [0.1, 0.15) is 0 Å². The van der Waals surface area contributed by atoms with Crippen molar-refractivity contribution in [3.63, 3.8) is 0 Å². The van der Waals surface area contributed by atoms with Crippen molar-refractivity contribution in [2.45, 2.75) is 0 Å². The van der Waals surface area contributed by atoms with Crippen molar-refractivity contribution in [3.05, 3.63) is 10.1 Å². The van der Waals surface area contributed by atoms with Gasteiger partial charge in [0.15, 0.2) is 0 Å². The van der Waals surface area contributed by atoms with Crippen LogP contribution >= 0.6 is 0 Å². The molecule has 9 heavy (non-hydrogen) atoms. The third kappa shape index (κ3) is 850. The average Bonchev–Trinajstić information content (AvgIpc) is 1.75. The minimum absolute atomic E-state index is 0. The van der Waals surface area contributed by atoms with Gasteiger partial charge in [-0.15, -0.1) is 10.1 Å². The molecule has 0 aromatic rings. The van der Waals surface area contributed by atoms with Crippen molar-refractivity contribution in [1.29, 1.82) is 0 Å². The second-order valence-corrected chi connectivity index (χ2v) is 0.238. The zero-order valence-electron chi connectivity index (χ0n) is 5.00. The molecule has 0 spiro atoms. The summed E-state index contributed by atoms with van der Waals surface area (Å²) < 4.78 is 8.06. The van der Waals surface area contributed by atoms with Crippen LogP contribution in [0.5, 0.6) is 0 Å². The first kappa shape index (κ1) is 22.6. The van der Waals surface area contributed by atoms with Crippen LogP contribution in [0.3, 0.4) is 0 Å². The summed E-state index contributed by atoms with van der Waals surface area (Å²) in [6, 6.07) is 0. The van der Waals surface area contributed by atoms with Gasteiger partial charge in [-0.3, -0.25) is 0 Å². The molecule has 0 aromatic heterocycles. The van der Waals surface area contributed by atoms with E-state index in [1.165, 1.54) is 0 Å². The normalized spacial score (nSPS) is 4.00. The van der Waals surface area contributed by atoms with E-state index in [4.69, 9.17) is 19.2 Å². The van der Waals surface area contributed by atoms with Crippen LogP contribution in [0.25, 0.3) is 0 Å². The molecule has 47 valence electrons. The van der Waals surface area contributed by atoms with E-state index in [-0.39, 0.29) is 5.48 Å². The maximum absolute atomic E-state index is 8.36. The van der Waals surface area contributed by atoms with Gasteiger partial charge in [-0.25, -0.2) is 0 Å². The summed E-state index contributed by atoms with van der Waals surface area (Å²) in [6.07, 6.45) is 0. The summed E-state index contributed by atoms with van der Waals surface area (Å²) >= 11 is 5.69. The van der Waals surface area contributed by atoms with Crippen LogP contribution in [0.2, 0.25) is 0 Å². The fraction of sp³-hybridized carbons (Fsp3) is 0. The van der Waals surface area contributed by atoms with Gasteiger partial charge in [0, 0.05) is 0 Å². The first-order valence-corrected chi connectivity index (χ1v) is 2.20. The van der Waals surface area contributed by atoms with E-state index in [9.17, 15) is 0 Å². The molecule has 0 unspecified atom stereocenters. The third-order valence-corrected chi connectivity index (χ3v) is 0. The van der Waals surface area contributed by atoms with Crippen LogP contribution < -0.4 is 0 Å². The van der Waals surface area contributed by atoms with Gasteiger partial charge in [-0.05, 0) is 0 Å². The molecular weight excluding hydrogens is 163 g/mol. The van der Waals surface area contributed by atoms with E-state index in [1.54, 1.807) is 15.9 Å². The van der Waals surface area contributed by atoms with Gasteiger partial charge in [0.2, 0.25) is 0 Å². The van der Waals surface area contributed by atoms with Crippen molar-refractivity contribution in [2.75, 3.05) is 0 Å². The number of nitrogens with zero attached hydrogens (tertiary/aromatic N) is 1. The molecular formula is H3Li2MnNO5. The van der Waals surface area contributed by atoms with E-state index in [2.05, 4.69) is 0 Å². The Morgan fingerprint density at radius 3 is 1.44 bits per heavy atom. The Kier molecular flexibility index (Phi) is 95.1. The molecule has 0 saturated heterocycles. The van der Waals surface area contributed by atoms with Crippen LogP contribution in [-0.2, 0) is 19.8 Å². The Morgan fingerprint density at radius 1 is 1.44 bits per heavy atom. The molecule has 0 fully saturated rings.